The van der Waals surface area contributed by atoms with Crippen LogP contribution in [0.5, 0.6) is 0 Å². The maximum Gasteiger partial charge on any atom is 0.222 e. The zero-order chi connectivity index (χ0) is 16.9. The molecule has 1 heterocycles. The quantitative estimate of drug-likeness (QED) is 0.600. The van der Waals surface area contributed by atoms with Crippen LogP contribution < -0.4 is 5.32 Å². The van der Waals surface area contributed by atoms with Gasteiger partial charge in [-0.05, 0) is 31.7 Å². The van der Waals surface area contributed by atoms with Gasteiger partial charge < -0.3 is 10.2 Å². The Morgan fingerprint density at radius 1 is 1.13 bits per heavy atom. The third-order valence-corrected chi connectivity index (χ3v) is 3.58. The van der Waals surface area contributed by atoms with Crippen molar-refractivity contribution in [3.05, 3.63) is 18.5 Å². The number of hydrogen-bond donors (Lipinski definition) is 1. The molecule has 0 fully saturated rings. The molecule has 130 valence electrons. The Kier molecular flexibility index (Phi) is 9.75. The number of nitrogens with zero attached hydrogens (tertiary/aromatic N) is 3. The number of amides is 2. The highest BCUT2D eigenvalue weighted by Gasteiger charge is 2.12. The molecular formula is C17H30N4O2. The molecule has 0 unspecified atom stereocenters. The summed E-state index contributed by atoms with van der Waals surface area (Å²) in [6.45, 7) is 7.22. The van der Waals surface area contributed by atoms with E-state index in [9.17, 15) is 9.59 Å². The lowest BCUT2D eigenvalue weighted by Crippen LogP contribution is -2.32. The second-order valence-corrected chi connectivity index (χ2v) is 5.71. The minimum atomic E-state index is 0.0239. The molecule has 2 amide bonds. The molecule has 1 aromatic heterocycles. The van der Waals surface area contributed by atoms with Gasteiger partial charge in [-0.15, -0.1) is 0 Å². The predicted molar refractivity (Wildman–Crippen MR) is 90.9 cm³/mol. The van der Waals surface area contributed by atoms with Gasteiger partial charge in [0.1, 0.15) is 0 Å². The molecule has 0 aromatic carbocycles. The summed E-state index contributed by atoms with van der Waals surface area (Å²) < 4.78 is 1.85. The molecule has 1 aromatic rings. The Hall–Kier alpha value is -1.85. The van der Waals surface area contributed by atoms with E-state index in [-0.39, 0.29) is 11.8 Å². The molecule has 0 radical (unpaired) electrons. The summed E-state index contributed by atoms with van der Waals surface area (Å²) in [6.07, 6.45) is 7.95. The fourth-order valence-electron chi connectivity index (χ4n) is 2.45. The molecular weight excluding hydrogens is 292 g/mol. The van der Waals surface area contributed by atoms with Crippen LogP contribution >= 0.6 is 0 Å². The number of hydrogen-bond acceptors (Lipinski definition) is 3. The highest BCUT2D eigenvalue weighted by atomic mass is 16.2. The van der Waals surface area contributed by atoms with Crippen LogP contribution in [0.4, 0.5) is 0 Å². The normalized spacial score (nSPS) is 10.5. The first-order valence-electron chi connectivity index (χ1n) is 8.69. The molecule has 6 heteroatoms. The molecule has 1 N–H and O–H groups in total. The summed E-state index contributed by atoms with van der Waals surface area (Å²) in [5.41, 5.74) is 0. The maximum absolute atomic E-state index is 12.1. The first kappa shape index (κ1) is 19.2. The van der Waals surface area contributed by atoms with Crippen LogP contribution in [0.25, 0.3) is 0 Å². The van der Waals surface area contributed by atoms with Gasteiger partial charge in [-0.25, -0.2) is 0 Å². The molecule has 6 nitrogen and oxygen atoms in total. The lowest BCUT2D eigenvalue weighted by molar-refractivity contribution is -0.131. The zero-order valence-corrected chi connectivity index (χ0v) is 14.5. The van der Waals surface area contributed by atoms with Crippen molar-refractivity contribution in [3.63, 3.8) is 0 Å². The first-order valence-corrected chi connectivity index (χ1v) is 8.69. The van der Waals surface area contributed by atoms with E-state index in [1.165, 1.54) is 0 Å². The van der Waals surface area contributed by atoms with Crippen molar-refractivity contribution in [2.45, 2.75) is 58.9 Å². The van der Waals surface area contributed by atoms with Crippen molar-refractivity contribution in [2.24, 2.45) is 0 Å². The number of carbonyl (C=O) groups excluding carboxylic acids is 2. The molecule has 1 rings (SSSR count). The molecule has 0 aliphatic heterocycles. The van der Waals surface area contributed by atoms with Crippen molar-refractivity contribution in [3.8, 4) is 0 Å². The van der Waals surface area contributed by atoms with Crippen molar-refractivity contribution in [1.29, 1.82) is 0 Å². The Morgan fingerprint density at radius 2 is 1.87 bits per heavy atom. The van der Waals surface area contributed by atoms with E-state index >= 15 is 0 Å². The Balaban J connectivity index is 2.09. The third kappa shape index (κ3) is 8.38. The van der Waals surface area contributed by atoms with Crippen LogP contribution in [0.2, 0.25) is 0 Å². The maximum atomic E-state index is 12.1. The van der Waals surface area contributed by atoms with Gasteiger partial charge in [0, 0.05) is 51.4 Å². The summed E-state index contributed by atoms with van der Waals surface area (Å²) in [5, 5.41) is 7.00. The van der Waals surface area contributed by atoms with E-state index in [1.54, 1.807) is 6.20 Å². The fraction of sp³-hybridized carbons (Fsp3) is 0.706. The van der Waals surface area contributed by atoms with Gasteiger partial charge in [0.05, 0.1) is 0 Å². The second-order valence-electron chi connectivity index (χ2n) is 5.71. The smallest absolute Gasteiger partial charge is 0.222 e. The molecule has 0 spiro atoms. The molecule has 23 heavy (non-hydrogen) atoms. The second kappa shape index (κ2) is 11.7. The van der Waals surface area contributed by atoms with Crippen LogP contribution in [-0.4, -0.2) is 46.1 Å². The van der Waals surface area contributed by atoms with Gasteiger partial charge in [-0.1, -0.05) is 13.8 Å². The number of carbonyl (C=O) groups is 2. The van der Waals surface area contributed by atoms with Gasteiger partial charge in [-0.2, -0.15) is 5.10 Å². The van der Waals surface area contributed by atoms with E-state index in [1.807, 2.05) is 21.8 Å². The van der Waals surface area contributed by atoms with Crippen LogP contribution in [0, 0.1) is 0 Å². The van der Waals surface area contributed by atoms with Crippen molar-refractivity contribution >= 4 is 11.8 Å². The predicted octanol–water partition coefficient (Wildman–Crippen LogP) is 2.21. The average molecular weight is 322 g/mol. The standard InChI is InChI=1S/C17H30N4O2/c1-3-12-20(13-4-2)17(23)9-5-8-16(22)18-10-6-14-21-15-7-11-19-21/h7,11,15H,3-6,8-10,12-14H2,1-2H3,(H,18,22). The summed E-state index contributed by atoms with van der Waals surface area (Å²) in [5.74, 6) is 0.191. The largest absolute Gasteiger partial charge is 0.356 e. The number of aromatic nitrogens is 2. The summed E-state index contributed by atoms with van der Waals surface area (Å²) >= 11 is 0. The van der Waals surface area contributed by atoms with E-state index < -0.39 is 0 Å². The molecule has 0 atom stereocenters. The fourth-order valence-corrected chi connectivity index (χ4v) is 2.45. The van der Waals surface area contributed by atoms with Crippen LogP contribution in [-0.2, 0) is 16.1 Å². The third-order valence-electron chi connectivity index (χ3n) is 3.58. The average Bonchev–Trinajstić information content (AvgIpc) is 3.04. The van der Waals surface area contributed by atoms with E-state index in [0.29, 0.717) is 25.8 Å². The lowest BCUT2D eigenvalue weighted by Gasteiger charge is -2.21. The summed E-state index contributed by atoms with van der Waals surface area (Å²) in [6, 6.07) is 1.88. The van der Waals surface area contributed by atoms with Crippen LogP contribution in [0.3, 0.4) is 0 Å². The molecule has 0 aliphatic carbocycles. The number of aryl methyl sites for hydroxylation is 1. The van der Waals surface area contributed by atoms with Crippen molar-refractivity contribution in [1.82, 2.24) is 20.0 Å². The monoisotopic (exact) mass is 322 g/mol. The van der Waals surface area contributed by atoms with Gasteiger partial charge >= 0.3 is 0 Å². The minimum Gasteiger partial charge on any atom is -0.356 e. The zero-order valence-electron chi connectivity index (χ0n) is 14.5. The van der Waals surface area contributed by atoms with Gasteiger partial charge in [0.15, 0.2) is 0 Å². The molecule has 0 bridgehead atoms. The Bertz CT molecular complexity index is 439. The molecule has 0 saturated carbocycles. The number of rotatable bonds is 12. The van der Waals surface area contributed by atoms with Crippen LogP contribution in [0.1, 0.15) is 52.4 Å². The summed E-state index contributed by atoms with van der Waals surface area (Å²) in [4.78, 5) is 25.7. The first-order chi connectivity index (χ1) is 11.2. The number of nitrogens with one attached hydrogen (secondary N) is 1. The molecule has 0 saturated heterocycles. The lowest BCUT2D eigenvalue weighted by atomic mass is 10.2. The van der Waals surface area contributed by atoms with E-state index in [0.717, 1.165) is 38.9 Å². The van der Waals surface area contributed by atoms with Gasteiger partial charge in [0.2, 0.25) is 11.8 Å². The van der Waals surface area contributed by atoms with Crippen molar-refractivity contribution < 1.29 is 9.59 Å². The van der Waals surface area contributed by atoms with Gasteiger partial charge in [0.25, 0.3) is 0 Å². The van der Waals surface area contributed by atoms with E-state index in [2.05, 4.69) is 24.3 Å². The Morgan fingerprint density at radius 3 is 2.48 bits per heavy atom. The Labute approximate surface area is 139 Å². The molecule has 0 aliphatic rings. The highest BCUT2D eigenvalue weighted by Crippen LogP contribution is 2.03. The highest BCUT2D eigenvalue weighted by molar-refractivity contribution is 5.78. The minimum absolute atomic E-state index is 0.0239. The van der Waals surface area contributed by atoms with E-state index in [4.69, 9.17) is 0 Å². The van der Waals surface area contributed by atoms with Gasteiger partial charge in [-0.3, -0.25) is 14.3 Å². The summed E-state index contributed by atoms with van der Waals surface area (Å²) in [7, 11) is 0. The SMILES string of the molecule is CCCN(CCC)C(=O)CCCC(=O)NCCCn1cccn1. The topological polar surface area (TPSA) is 67.2 Å². The van der Waals surface area contributed by atoms with Crippen LogP contribution in [0.15, 0.2) is 18.5 Å². The van der Waals surface area contributed by atoms with Crippen molar-refractivity contribution in [2.75, 3.05) is 19.6 Å².